The highest BCUT2D eigenvalue weighted by Gasteiger charge is 2.43. The van der Waals surface area contributed by atoms with Crippen molar-refractivity contribution in [3.05, 3.63) is 0 Å². The van der Waals surface area contributed by atoms with E-state index in [9.17, 15) is 0 Å². The third-order valence-corrected chi connectivity index (χ3v) is 2.31. The SMILES string of the molecule is CC(C)(C)[C@H]1C[C@H]1Cl. The van der Waals surface area contributed by atoms with Gasteiger partial charge in [0.25, 0.3) is 0 Å². The highest BCUT2D eigenvalue weighted by molar-refractivity contribution is 6.22. The average Bonchev–Trinajstić information content (AvgIpc) is 2.13. The Bertz CT molecular complexity index is 91.1. The third-order valence-electron chi connectivity index (χ3n) is 1.82. The molecule has 0 bridgehead atoms. The molecule has 1 aliphatic rings. The monoisotopic (exact) mass is 132 g/mol. The fraction of sp³-hybridized carbons (Fsp3) is 1.00. The maximum atomic E-state index is 5.84. The van der Waals surface area contributed by atoms with E-state index in [0.29, 0.717) is 10.8 Å². The van der Waals surface area contributed by atoms with E-state index in [1.54, 1.807) is 0 Å². The number of halogens is 1. The second-order valence-corrected chi connectivity index (χ2v) is 4.28. The predicted octanol–water partition coefficient (Wildman–Crippen LogP) is 2.66. The molecule has 0 amide bonds. The van der Waals surface area contributed by atoms with Crippen molar-refractivity contribution in [1.29, 1.82) is 0 Å². The van der Waals surface area contributed by atoms with Gasteiger partial charge in [0.15, 0.2) is 0 Å². The first-order chi connectivity index (χ1) is 3.52. The molecular formula is C7H13Cl. The molecule has 2 atom stereocenters. The zero-order valence-corrected chi connectivity index (χ0v) is 6.50. The topological polar surface area (TPSA) is 0 Å². The van der Waals surface area contributed by atoms with Gasteiger partial charge in [0.2, 0.25) is 0 Å². The molecule has 0 aromatic carbocycles. The Labute approximate surface area is 56.2 Å². The lowest BCUT2D eigenvalue weighted by atomic mass is 9.90. The van der Waals surface area contributed by atoms with E-state index >= 15 is 0 Å². The minimum Gasteiger partial charge on any atom is -0.123 e. The highest BCUT2D eigenvalue weighted by atomic mass is 35.5. The van der Waals surface area contributed by atoms with Crippen LogP contribution < -0.4 is 0 Å². The Morgan fingerprint density at radius 3 is 1.75 bits per heavy atom. The zero-order valence-electron chi connectivity index (χ0n) is 5.74. The van der Waals surface area contributed by atoms with Crippen molar-refractivity contribution >= 4 is 11.6 Å². The second-order valence-electron chi connectivity index (χ2n) is 3.72. The number of alkyl halides is 1. The summed E-state index contributed by atoms with van der Waals surface area (Å²) in [5, 5.41) is 0.481. The lowest BCUT2D eigenvalue weighted by Crippen LogP contribution is -2.08. The van der Waals surface area contributed by atoms with Gasteiger partial charge in [-0.15, -0.1) is 11.6 Å². The molecule has 48 valence electrons. The Hall–Kier alpha value is 0.290. The molecule has 0 aromatic heterocycles. The summed E-state index contributed by atoms with van der Waals surface area (Å²) < 4.78 is 0. The molecule has 1 heteroatoms. The van der Waals surface area contributed by atoms with E-state index in [-0.39, 0.29) is 0 Å². The van der Waals surface area contributed by atoms with Crippen LogP contribution in [0.2, 0.25) is 0 Å². The van der Waals surface area contributed by atoms with Gasteiger partial charge in [0.1, 0.15) is 0 Å². The van der Waals surface area contributed by atoms with Crippen molar-refractivity contribution in [3.8, 4) is 0 Å². The molecule has 0 heterocycles. The fourth-order valence-corrected chi connectivity index (χ4v) is 1.63. The number of hydrogen-bond acceptors (Lipinski definition) is 0. The third kappa shape index (κ3) is 1.17. The Balaban J connectivity index is 2.39. The van der Waals surface area contributed by atoms with E-state index in [1.807, 2.05) is 0 Å². The minimum absolute atomic E-state index is 0.451. The fourth-order valence-electron chi connectivity index (χ4n) is 1.06. The van der Waals surface area contributed by atoms with Crippen LogP contribution in [0.4, 0.5) is 0 Å². The van der Waals surface area contributed by atoms with Gasteiger partial charge in [-0.3, -0.25) is 0 Å². The van der Waals surface area contributed by atoms with E-state index in [1.165, 1.54) is 6.42 Å². The van der Waals surface area contributed by atoms with Crippen LogP contribution in [0, 0.1) is 11.3 Å². The van der Waals surface area contributed by atoms with Gasteiger partial charge in [0, 0.05) is 5.38 Å². The summed E-state index contributed by atoms with van der Waals surface area (Å²) in [6.07, 6.45) is 1.23. The van der Waals surface area contributed by atoms with E-state index in [0.717, 1.165) is 5.92 Å². The summed E-state index contributed by atoms with van der Waals surface area (Å²) in [7, 11) is 0. The summed E-state index contributed by atoms with van der Waals surface area (Å²) >= 11 is 5.84. The summed E-state index contributed by atoms with van der Waals surface area (Å²) in [6.45, 7) is 6.75. The Kier molecular flexibility index (Phi) is 1.31. The molecule has 1 saturated carbocycles. The molecule has 0 N–H and O–H groups in total. The first kappa shape index (κ1) is 6.41. The molecule has 0 radical (unpaired) electrons. The smallest absolute Gasteiger partial charge is 0.0373 e. The molecule has 8 heavy (non-hydrogen) atoms. The van der Waals surface area contributed by atoms with Gasteiger partial charge in [-0.25, -0.2) is 0 Å². The molecule has 0 aromatic rings. The summed E-state index contributed by atoms with van der Waals surface area (Å²) in [4.78, 5) is 0. The van der Waals surface area contributed by atoms with Crippen molar-refractivity contribution < 1.29 is 0 Å². The van der Waals surface area contributed by atoms with Crippen LogP contribution in [-0.4, -0.2) is 5.38 Å². The Morgan fingerprint density at radius 1 is 1.38 bits per heavy atom. The summed E-state index contributed by atoms with van der Waals surface area (Å²) in [6, 6.07) is 0. The quantitative estimate of drug-likeness (QED) is 0.445. The summed E-state index contributed by atoms with van der Waals surface area (Å²) in [5.41, 5.74) is 0.451. The van der Waals surface area contributed by atoms with E-state index < -0.39 is 0 Å². The molecule has 0 aliphatic heterocycles. The van der Waals surface area contributed by atoms with Gasteiger partial charge in [-0.1, -0.05) is 20.8 Å². The standard InChI is InChI=1S/C7H13Cl/c1-7(2,3)5-4-6(5)8/h5-6H,4H2,1-3H3/t5-,6+/m0/s1. The summed E-state index contributed by atoms with van der Waals surface area (Å²) in [5.74, 6) is 0.782. The maximum absolute atomic E-state index is 5.84. The van der Waals surface area contributed by atoms with Gasteiger partial charge in [-0.05, 0) is 17.8 Å². The molecular weight excluding hydrogens is 120 g/mol. The molecule has 1 rings (SSSR count). The van der Waals surface area contributed by atoms with Crippen molar-refractivity contribution in [1.82, 2.24) is 0 Å². The normalized spacial score (nSPS) is 37.5. The molecule has 0 unspecified atom stereocenters. The van der Waals surface area contributed by atoms with Crippen LogP contribution >= 0.6 is 11.6 Å². The lowest BCUT2D eigenvalue weighted by molar-refractivity contribution is 0.352. The average molecular weight is 133 g/mol. The van der Waals surface area contributed by atoms with E-state index in [4.69, 9.17) is 11.6 Å². The molecule has 1 aliphatic carbocycles. The van der Waals surface area contributed by atoms with Crippen molar-refractivity contribution in [2.24, 2.45) is 11.3 Å². The molecule has 0 spiro atoms. The van der Waals surface area contributed by atoms with Crippen LogP contribution in [0.3, 0.4) is 0 Å². The van der Waals surface area contributed by atoms with Gasteiger partial charge < -0.3 is 0 Å². The van der Waals surface area contributed by atoms with Crippen molar-refractivity contribution in [3.63, 3.8) is 0 Å². The van der Waals surface area contributed by atoms with Crippen molar-refractivity contribution in [2.45, 2.75) is 32.6 Å². The minimum atomic E-state index is 0.451. The zero-order chi connectivity index (χ0) is 6.36. The highest BCUT2D eigenvalue weighted by Crippen LogP contribution is 2.48. The van der Waals surface area contributed by atoms with Gasteiger partial charge in [-0.2, -0.15) is 0 Å². The molecule has 0 saturated heterocycles. The van der Waals surface area contributed by atoms with Crippen LogP contribution in [0.1, 0.15) is 27.2 Å². The van der Waals surface area contributed by atoms with Crippen molar-refractivity contribution in [2.75, 3.05) is 0 Å². The lowest BCUT2D eigenvalue weighted by Gasteiger charge is -2.16. The van der Waals surface area contributed by atoms with Gasteiger partial charge in [0.05, 0.1) is 0 Å². The van der Waals surface area contributed by atoms with Crippen LogP contribution in [0.15, 0.2) is 0 Å². The van der Waals surface area contributed by atoms with Crippen LogP contribution in [-0.2, 0) is 0 Å². The second kappa shape index (κ2) is 1.63. The first-order valence-corrected chi connectivity index (χ1v) is 3.59. The first-order valence-electron chi connectivity index (χ1n) is 3.16. The Morgan fingerprint density at radius 2 is 1.75 bits per heavy atom. The predicted molar refractivity (Wildman–Crippen MR) is 37.2 cm³/mol. The largest absolute Gasteiger partial charge is 0.123 e. The molecule has 0 nitrogen and oxygen atoms in total. The van der Waals surface area contributed by atoms with Crippen LogP contribution in [0.5, 0.6) is 0 Å². The maximum Gasteiger partial charge on any atom is 0.0373 e. The number of hydrogen-bond donors (Lipinski definition) is 0. The van der Waals surface area contributed by atoms with Gasteiger partial charge >= 0.3 is 0 Å². The number of rotatable bonds is 0. The van der Waals surface area contributed by atoms with E-state index in [2.05, 4.69) is 20.8 Å². The molecule has 1 fully saturated rings. The van der Waals surface area contributed by atoms with Crippen LogP contribution in [0.25, 0.3) is 0 Å².